The number of hydrogen-bond acceptors (Lipinski definition) is 4. The van der Waals surface area contributed by atoms with Crippen molar-refractivity contribution in [3.63, 3.8) is 0 Å². The Kier molecular flexibility index (Phi) is 4.70. The minimum absolute atomic E-state index is 0.263. The highest BCUT2D eigenvalue weighted by molar-refractivity contribution is 6.07. The number of benzene rings is 2. The molecular formula is C19H19N3O3. The number of aryl methyl sites for hydroxylation is 1. The van der Waals surface area contributed by atoms with Crippen molar-refractivity contribution in [1.82, 2.24) is 9.99 Å². The monoisotopic (exact) mass is 337 g/mol. The molecule has 3 aromatic rings. The summed E-state index contributed by atoms with van der Waals surface area (Å²) in [6, 6.07) is 13.1. The lowest BCUT2D eigenvalue weighted by Crippen LogP contribution is -2.17. The summed E-state index contributed by atoms with van der Waals surface area (Å²) in [7, 11) is 5.07. The SMILES string of the molecule is COc1ccc(/C=N\NC(=O)c2cn(C)c3ccccc23)c(OC)c1. The third-order valence-corrected chi connectivity index (χ3v) is 3.95. The van der Waals surface area contributed by atoms with E-state index in [1.54, 1.807) is 38.8 Å². The van der Waals surface area contributed by atoms with Gasteiger partial charge in [-0.25, -0.2) is 5.43 Å². The summed E-state index contributed by atoms with van der Waals surface area (Å²) in [5, 5.41) is 4.93. The summed E-state index contributed by atoms with van der Waals surface area (Å²) in [6.45, 7) is 0. The maximum absolute atomic E-state index is 12.4. The molecule has 0 aliphatic rings. The number of ether oxygens (including phenoxy) is 2. The van der Waals surface area contributed by atoms with Gasteiger partial charge < -0.3 is 14.0 Å². The predicted molar refractivity (Wildman–Crippen MR) is 97.5 cm³/mol. The molecule has 0 atom stereocenters. The van der Waals surface area contributed by atoms with Crippen LogP contribution in [0.2, 0.25) is 0 Å². The van der Waals surface area contributed by atoms with Gasteiger partial charge in [0.15, 0.2) is 0 Å². The maximum Gasteiger partial charge on any atom is 0.273 e. The number of methoxy groups -OCH3 is 2. The summed E-state index contributed by atoms with van der Waals surface area (Å²) < 4.78 is 12.4. The molecule has 1 N–H and O–H groups in total. The van der Waals surface area contributed by atoms with E-state index < -0.39 is 0 Å². The third kappa shape index (κ3) is 3.33. The normalized spacial score (nSPS) is 11.0. The van der Waals surface area contributed by atoms with Crippen LogP contribution in [0, 0.1) is 0 Å². The van der Waals surface area contributed by atoms with Gasteiger partial charge >= 0.3 is 0 Å². The molecule has 3 rings (SSSR count). The molecular weight excluding hydrogens is 318 g/mol. The van der Waals surface area contributed by atoms with Gasteiger partial charge in [0.25, 0.3) is 5.91 Å². The van der Waals surface area contributed by atoms with Crippen LogP contribution in [0.3, 0.4) is 0 Å². The van der Waals surface area contributed by atoms with Crippen LogP contribution >= 0.6 is 0 Å². The zero-order valence-corrected chi connectivity index (χ0v) is 14.3. The minimum Gasteiger partial charge on any atom is -0.497 e. The van der Waals surface area contributed by atoms with Gasteiger partial charge in [0, 0.05) is 35.8 Å². The Morgan fingerprint density at radius 2 is 1.96 bits per heavy atom. The fraction of sp³-hybridized carbons (Fsp3) is 0.158. The number of hydrogen-bond donors (Lipinski definition) is 1. The molecule has 0 radical (unpaired) electrons. The van der Waals surface area contributed by atoms with Crippen LogP contribution < -0.4 is 14.9 Å². The molecule has 6 nitrogen and oxygen atoms in total. The van der Waals surface area contributed by atoms with Crippen molar-refractivity contribution < 1.29 is 14.3 Å². The van der Waals surface area contributed by atoms with Crippen molar-refractivity contribution in [2.24, 2.45) is 12.1 Å². The van der Waals surface area contributed by atoms with Crippen LogP contribution in [-0.2, 0) is 7.05 Å². The summed E-state index contributed by atoms with van der Waals surface area (Å²) in [5.74, 6) is 1.04. The van der Waals surface area contributed by atoms with Crippen LogP contribution in [0.15, 0.2) is 53.8 Å². The number of carbonyl (C=O) groups excluding carboxylic acids is 1. The molecule has 0 bridgehead atoms. The van der Waals surface area contributed by atoms with Crippen LogP contribution in [0.5, 0.6) is 11.5 Å². The first-order valence-electron chi connectivity index (χ1n) is 7.73. The third-order valence-electron chi connectivity index (χ3n) is 3.95. The lowest BCUT2D eigenvalue weighted by atomic mass is 10.2. The highest BCUT2D eigenvalue weighted by Gasteiger charge is 2.12. The van der Waals surface area contributed by atoms with E-state index in [9.17, 15) is 4.79 Å². The summed E-state index contributed by atoms with van der Waals surface area (Å²) in [6.07, 6.45) is 3.34. The Bertz CT molecular complexity index is 944. The van der Waals surface area contributed by atoms with Crippen molar-refractivity contribution >= 4 is 23.0 Å². The van der Waals surface area contributed by atoms with Crippen molar-refractivity contribution in [3.05, 3.63) is 59.8 Å². The van der Waals surface area contributed by atoms with E-state index in [1.165, 1.54) is 0 Å². The topological polar surface area (TPSA) is 64.8 Å². The molecule has 0 aliphatic carbocycles. The number of fused-ring (bicyclic) bond motifs is 1. The molecule has 0 aliphatic heterocycles. The van der Waals surface area contributed by atoms with Gasteiger partial charge in [-0.2, -0.15) is 5.10 Å². The molecule has 0 saturated carbocycles. The predicted octanol–water partition coefficient (Wildman–Crippen LogP) is 2.96. The first-order chi connectivity index (χ1) is 12.1. The van der Waals surface area contributed by atoms with E-state index in [-0.39, 0.29) is 5.91 Å². The van der Waals surface area contributed by atoms with Crippen molar-refractivity contribution in [1.29, 1.82) is 0 Å². The zero-order chi connectivity index (χ0) is 17.8. The molecule has 2 aromatic carbocycles. The average Bonchev–Trinajstić information content (AvgIpc) is 2.99. The highest BCUT2D eigenvalue weighted by atomic mass is 16.5. The second-order valence-electron chi connectivity index (χ2n) is 5.48. The molecule has 1 aromatic heterocycles. The van der Waals surface area contributed by atoms with Gasteiger partial charge in [-0.05, 0) is 18.2 Å². The van der Waals surface area contributed by atoms with Gasteiger partial charge in [0.1, 0.15) is 11.5 Å². The number of carbonyl (C=O) groups is 1. The molecule has 128 valence electrons. The van der Waals surface area contributed by atoms with Crippen molar-refractivity contribution in [2.75, 3.05) is 14.2 Å². The standard InChI is InChI=1S/C19H19N3O3/c1-22-12-16(15-6-4-5-7-17(15)22)19(23)21-20-11-13-8-9-14(24-2)10-18(13)25-3/h4-12H,1-3H3,(H,21,23)/b20-11-. The number of hydrazone groups is 1. The number of nitrogens with zero attached hydrogens (tertiary/aromatic N) is 2. The molecule has 1 heterocycles. The first-order valence-corrected chi connectivity index (χ1v) is 7.73. The fourth-order valence-electron chi connectivity index (χ4n) is 2.67. The summed E-state index contributed by atoms with van der Waals surface area (Å²) >= 11 is 0. The number of para-hydroxylation sites is 1. The van der Waals surface area contributed by atoms with Gasteiger partial charge in [0.2, 0.25) is 0 Å². The smallest absolute Gasteiger partial charge is 0.273 e. The summed E-state index contributed by atoms with van der Waals surface area (Å²) in [5.41, 5.74) is 4.88. The number of amides is 1. The molecule has 25 heavy (non-hydrogen) atoms. The second kappa shape index (κ2) is 7.09. The maximum atomic E-state index is 12.4. The lowest BCUT2D eigenvalue weighted by molar-refractivity contribution is 0.0956. The first kappa shape index (κ1) is 16.6. The van der Waals surface area contributed by atoms with E-state index in [0.717, 1.165) is 16.5 Å². The van der Waals surface area contributed by atoms with E-state index >= 15 is 0 Å². The molecule has 0 saturated heterocycles. The zero-order valence-electron chi connectivity index (χ0n) is 14.3. The lowest BCUT2D eigenvalue weighted by Gasteiger charge is -2.06. The van der Waals surface area contributed by atoms with E-state index in [1.807, 2.05) is 41.9 Å². The minimum atomic E-state index is -0.263. The van der Waals surface area contributed by atoms with E-state index in [4.69, 9.17) is 9.47 Å². The van der Waals surface area contributed by atoms with Crippen LogP contribution in [0.4, 0.5) is 0 Å². The number of rotatable bonds is 5. The Balaban J connectivity index is 1.79. The molecule has 1 amide bonds. The Labute approximate surface area is 145 Å². The quantitative estimate of drug-likeness (QED) is 0.575. The van der Waals surface area contributed by atoms with Gasteiger partial charge in [-0.15, -0.1) is 0 Å². The summed E-state index contributed by atoms with van der Waals surface area (Å²) in [4.78, 5) is 12.4. The van der Waals surface area contributed by atoms with Crippen LogP contribution in [-0.4, -0.2) is 30.9 Å². The molecule has 6 heteroatoms. The molecule has 0 spiro atoms. The average molecular weight is 337 g/mol. The van der Waals surface area contributed by atoms with Gasteiger partial charge in [-0.3, -0.25) is 4.79 Å². The van der Waals surface area contributed by atoms with Gasteiger partial charge in [-0.1, -0.05) is 18.2 Å². The highest BCUT2D eigenvalue weighted by Crippen LogP contribution is 2.23. The van der Waals surface area contributed by atoms with Gasteiger partial charge in [0.05, 0.1) is 26.0 Å². The van der Waals surface area contributed by atoms with Crippen LogP contribution in [0.25, 0.3) is 10.9 Å². The van der Waals surface area contributed by atoms with Crippen molar-refractivity contribution in [3.8, 4) is 11.5 Å². The van der Waals surface area contributed by atoms with Crippen molar-refractivity contribution in [2.45, 2.75) is 0 Å². The Morgan fingerprint density at radius 3 is 2.72 bits per heavy atom. The fourth-order valence-corrected chi connectivity index (χ4v) is 2.67. The molecule has 0 fully saturated rings. The Hall–Kier alpha value is -3.28. The number of aromatic nitrogens is 1. The van der Waals surface area contributed by atoms with E-state index in [2.05, 4.69) is 10.5 Å². The number of nitrogens with one attached hydrogen (secondary N) is 1. The molecule has 0 unspecified atom stereocenters. The Morgan fingerprint density at radius 1 is 1.16 bits per heavy atom. The van der Waals surface area contributed by atoms with E-state index in [0.29, 0.717) is 17.1 Å². The largest absolute Gasteiger partial charge is 0.497 e. The van der Waals surface area contributed by atoms with Crippen LogP contribution in [0.1, 0.15) is 15.9 Å². The second-order valence-corrected chi connectivity index (χ2v) is 5.48.